The van der Waals surface area contributed by atoms with Gasteiger partial charge in [0.15, 0.2) is 0 Å². The van der Waals surface area contributed by atoms with Crippen LogP contribution in [0, 0.1) is 0 Å². The quantitative estimate of drug-likeness (QED) is 0.919. The Morgan fingerprint density at radius 2 is 2.05 bits per heavy atom. The summed E-state index contributed by atoms with van der Waals surface area (Å²) in [7, 11) is 0. The summed E-state index contributed by atoms with van der Waals surface area (Å²) in [5.41, 5.74) is 1.17. The van der Waals surface area contributed by atoms with Crippen molar-refractivity contribution in [2.45, 2.75) is 31.9 Å². The number of anilines is 1. The average Bonchev–Trinajstić information content (AvgIpc) is 3.10. The van der Waals surface area contributed by atoms with Gasteiger partial charge in [-0.05, 0) is 31.9 Å². The van der Waals surface area contributed by atoms with Gasteiger partial charge in [0.1, 0.15) is 0 Å². The maximum absolute atomic E-state index is 12.3. The van der Waals surface area contributed by atoms with Crippen LogP contribution in [0.25, 0.3) is 0 Å². The molecule has 2 amide bonds. The van der Waals surface area contributed by atoms with Gasteiger partial charge in [0.05, 0.1) is 12.1 Å². The van der Waals surface area contributed by atoms with Crippen LogP contribution in [-0.4, -0.2) is 60.8 Å². The summed E-state index contributed by atoms with van der Waals surface area (Å²) in [6.45, 7) is 6.03. The first-order chi connectivity index (χ1) is 10.7. The Hall–Kier alpha value is -1.82. The van der Waals surface area contributed by atoms with E-state index in [4.69, 9.17) is 4.74 Å². The number of carbonyl (C=O) groups is 1. The molecular formula is C16H24N4O2. The van der Waals surface area contributed by atoms with Crippen LogP contribution >= 0.6 is 0 Å². The molecular weight excluding hydrogens is 280 g/mol. The average molecular weight is 304 g/mol. The van der Waals surface area contributed by atoms with Gasteiger partial charge in [-0.1, -0.05) is 0 Å². The standard InChI is InChI=1S/C16H24N4O2/c1-13(15-3-2-12-22-15)18-16(21)20-10-8-19(9-11-20)14-4-6-17-7-5-14/h4-7,13,15H,2-3,8-12H2,1H3,(H,18,21)/t13-,15-/m1/s1. The molecule has 0 bridgehead atoms. The third-order valence-electron chi connectivity index (χ3n) is 4.47. The second-order valence-corrected chi connectivity index (χ2v) is 5.97. The van der Waals surface area contributed by atoms with Gasteiger partial charge in [0.25, 0.3) is 0 Å². The van der Waals surface area contributed by atoms with Gasteiger partial charge in [-0.15, -0.1) is 0 Å². The Morgan fingerprint density at radius 3 is 2.68 bits per heavy atom. The van der Waals surface area contributed by atoms with E-state index in [0.29, 0.717) is 0 Å². The van der Waals surface area contributed by atoms with Gasteiger partial charge in [-0.2, -0.15) is 0 Å². The fraction of sp³-hybridized carbons (Fsp3) is 0.625. The first-order valence-electron chi connectivity index (χ1n) is 8.06. The number of urea groups is 1. The van der Waals surface area contributed by atoms with Crippen LogP contribution in [0.2, 0.25) is 0 Å². The zero-order valence-electron chi connectivity index (χ0n) is 13.1. The van der Waals surface area contributed by atoms with Crippen LogP contribution in [0.15, 0.2) is 24.5 Å². The third kappa shape index (κ3) is 3.50. The lowest BCUT2D eigenvalue weighted by Gasteiger charge is -2.36. The second kappa shape index (κ2) is 6.96. The second-order valence-electron chi connectivity index (χ2n) is 5.97. The molecule has 6 nitrogen and oxygen atoms in total. The molecule has 2 fully saturated rings. The van der Waals surface area contributed by atoms with Crippen molar-refractivity contribution >= 4 is 11.7 Å². The molecule has 0 aliphatic carbocycles. The summed E-state index contributed by atoms with van der Waals surface area (Å²) >= 11 is 0. The predicted octanol–water partition coefficient (Wildman–Crippen LogP) is 1.48. The number of amides is 2. The lowest BCUT2D eigenvalue weighted by atomic mass is 10.1. The van der Waals surface area contributed by atoms with E-state index in [1.54, 1.807) is 12.4 Å². The van der Waals surface area contributed by atoms with Gasteiger partial charge < -0.3 is 19.9 Å². The molecule has 2 saturated heterocycles. The van der Waals surface area contributed by atoms with Crippen LogP contribution < -0.4 is 10.2 Å². The maximum atomic E-state index is 12.3. The van der Waals surface area contributed by atoms with Crippen molar-refractivity contribution in [2.24, 2.45) is 0 Å². The van der Waals surface area contributed by atoms with E-state index in [-0.39, 0.29) is 18.2 Å². The van der Waals surface area contributed by atoms with E-state index in [9.17, 15) is 4.79 Å². The Balaban J connectivity index is 1.47. The molecule has 120 valence electrons. The highest BCUT2D eigenvalue weighted by atomic mass is 16.5. The normalized spacial score (nSPS) is 23.4. The number of nitrogens with zero attached hydrogens (tertiary/aromatic N) is 3. The minimum absolute atomic E-state index is 0.0254. The molecule has 0 unspecified atom stereocenters. The fourth-order valence-electron chi connectivity index (χ4n) is 3.10. The maximum Gasteiger partial charge on any atom is 0.317 e. The number of piperazine rings is 1. The van der Waals surface area contributed by atoms with Crippen molar-refractivity contribution in [1.82, 2.24) is 15.2 Å². The number of hydrogen-bond donors (Lipinski definition) is 1. The van der Waals surface area contributed by atoms with Crippen LogP contribution in [0.4, 0.5) is 10.5 Å². The summed E-state index contributed by atoms with van der Waals surface area (Å²) in [6.07, 6.45) is 5.91. The summed E-state index contributed by atoms with van der Waals surface area (Å²) in [4.78, 5) is 20.6. The number of hydrogen-bond acceptors (Lipinski definition) is 4. The molecule has 0 spiro atoms. The molecule has 3 rings (SSSR count). The van der Waals surface area contributed by atoms with Gasteiger partial charge in [-0.3, -0.25) is 4.98 Å². The van der Waals surface area contributed by atoms with Crippen molar-refractivity contribution in [2.75, 3.05) is 37.7 Å². The van der Waals surface area contributed by atoms with Crippen LogP contribution in [-0.2, 0) is 4.74 Å². The molecule has 6 heteroatoms. The summed E-state index contributed by atoms with van der Waals surface area (Å²) < 4.78 is 5.63. The van der Waals surface area contributed by atoms with E-state index in [1.165, 1.54) is 5.69 Å². The molecule has 2 atom stereocenters. The van der Waals surface area contributed by atoms with E-state index in [1.807, 2.05) is 24.0 Å². The van der Waals surface area contributed by atoms with Crippen molar-refractivity contribution in [1.29, 1.82) is 0 Å². The number of ether oxygens (including phenoxy) is 1. The number of carbonyl (C=O) groups excluding carboxylic acids is 1. The van der Waals surface area contributed by atoms with Gasteiger partial charge in [-0.25, -0.2) is 4.79 Å². The van der Waals surface area contributed by atoms with Crippen LogP contribution in [0.1, 0.15) is 19.8 Å². The number of pyridine rings is 1. The molecule has 0 saturated carbocycles. The molecule has 3 heterocycles. The lowest BCUT2D eigenvalue weighted by Crippen LogP contribution is -2.54. The van der Waals surface area contributed by atoms with Gasteiger partial charge in [0.2, 0.25) is 0 Å². The Morgan fingerprint density at radius 1 is 1.32 bits per heavy atom. The third-order valence-corrected chi connectivity index (χ3v) is 4.47. The minimum atomic E-state index is 0.0254. The van der Waals surface area contributed by atoms with E-state index >= 15 is 0 Å². The zero-order chi connectivity index (χ0) is 15.4. The topological polar surface area (TPSA) is 57.7 Å². The van der Waals surface area contributed by atoms with E-state index in [0.717, 1.165) is 45.6 Å². The van der Waals surface area contributed by atoms with Crippen molar-refractivity contribution in [3.63, 3.8) is 0 Å². The van der Waals surface area contributed by atoms with Crippen LogP contribution in [0.5, 0.6) is 0 Å². The SMILES string of the molecule is C[C@@H](NC(=O)N1CCN(c2ccncc2)CC1)[C@H]1CCCO1. The minimum Gasteiger partial charge on any atom is -0.376 e. The molecule has 22 heavy (non-hydrogen) atoms. The summed E-state index contributed by atoms with van der Waals surface area (Å²) in [5, 5.41) is 3.08. The molecule has 2 aliphatic heterocycles. The smallest absolute Gasteiger partial charge is 0.317 e. The lowest BCUT2D eigenvalue weighted by molar-refractivity contribution is 0.0831. The van der Waals surface area contributed by atoms with E-state index in [2.05, 4.69) is 15.2 Å². The van der Waals surface area contributed by atoms with Crippen molar-refractivity contribution < 1.29 is 9.53 Å². The molecule has 0 radical (unpaired) electrons. The highest BCUT2D eigenvalue weighted by molar-refractivity contribution is 5.75. The Labute approximate surface area is 131 Å². The van der Waals surface area contributed by atoms with Crippen LogP contribution in [0.3, 0.4) is 0 Å². The molecule has 0 aromatic carbocycles. The molecule has 1 aromatic rings. The Kier molecular flexibility index (Phi) is 4.77. The predicted molar refractivity (Wildman–Crippen MR) is 85.0 cm³/mol. The first-order valence-corrected chi connectivity index (χ1v) is 8.06. The molecule has 2 aliphatic rings. The summed E-state index contributed by atoms with van der Waals surface area (Å²) in [5.74, 6) is 0. The first kappa shape index (κ1) is 15.1. The van der Waals surface area contributed by atoms with Crippen molar-refractivity contribution in [3.8, 4) is 0 Å². The Bertz CT molecular complexity index is 482. The number of aromatic nitrogens is 1. The number of rotatable bonds is 3. The number of nitrogens with one attached hydrogen (secondary N) is 1. The van der Waals surface area contributed by atoms with Crippen molar-refractivity contribution in [3.05, 3.63) is 24.5 Å². The summed E-state index contributed by atoms with van der Waals surface area (Å²) in [6, 6.07) is 4.12. The van der Waals surface area contributed by atoms with E-state index < -0.39 is 0 Å². The van der Waals surface area contributed by atoms with Gasteiger partial charge >= 0.3 is 6.03 Å². The zero-order valence-corrected chi connectivity index (χ0v) is 13.1. The fourth-order valence-corrected chi connectivity index (χ4v) is 3.10. The highest BCUT2D eigenvalue weighted by Gasteiger charge is 2.27. The largest absolute Gasteiger partial charge is 0.376 e. The monoisotopic (exact) mass is 304 g/mol. The highest BCUT2D eigenvalue weighted by Crippen LogP contribution is 2.17. The van der Waals surface area contributed by atoms with Gasteiger partial charge in [0, 0.05) is 50.9 Å². The molecule has 1 N–H and O–H groups in total. The molecule has 1 aromatic heterocycles.